The topological polar surface area (TPSA) is 17.1 Å². The summed E-state index contributed by atoms with van der Waals surface area (Å²) in [6, 6.07) is 0. The van der Waals surface area contributed by atoms with Gasteiger partial charge in [0.05, 0.1) is 0 Å². The molecule has 0 amide bonds. The largest absolute Gasteiger partial charge is 0.298 e. The van der Waals surface area contributed by atoms with Gasteiger partial charge in [-0.1, -0.05) is 46.6 Å². The molecule has 0 aromatic carbocycles. The molecule has 0 fully saturated rings. The number of aldehydes is 1. The van der Waals surface area contributed by atoms with Crippen LogP contribution in [0.5, 0.6) is 0 Å². The van der Waals surface area contributed by atoms with Gasteiger partial charge in [0.25, 0.3) is 0 Å². The Morgan fingerprint density at radius 3 is 2.33 bits per heavy atom. The van der Waals surface area contributed by atoms with E-state index in [4.69, 9.17) is 0 Å². The normalized spacial score (nSPS) is 14.3. The first-order chi connectivity index (χ1) is 7.11. The predicted octanol–water partition coefficient (Wildman–Crippen LogP) is 4.37. The van der Waals surface area contributed by atoms with Crippen LogP contribution in [0.4, 0.5) is 0 Å². The number of hydrogen-bond donors (Lipinski definition) is 0. The van der Waals surface area contributed by atoms with Gasteiger partial charge >= 0.3 is 0 Å². The van der Waals surface area contributed by atoms with Crippen molar-refractivity contribution >= 4 is 6.29 Å². The molecule has 15 heavy (non-hydrogen) atoms. The maximum absolute atomic E-state index is 10.9. The quantitative estimate of drug-likeness (QED) is 0.330. The highest BCUT2D eigenvalue weighted by molar-refractivity contribution is 5.73. The Morgan fingerprint density at radius 2 is 1.87 bits per heavy atom. The average molecular weight is 210 g/mol. The molecule has 0 aliphatic heterocycles. The summed E-state index contributed by atoms with van der Waals surface area (Å²) in [7, 11) is 0. The molecule has 0 aliphatic carbocycles. The smallest absolute Gasteiger partial charge is 0.145 e. The second kappa shape index (κ2) is 8.70. The van der Waals surface area contributed by atoms with E-state index in [2.05, 4.69) is 33.8 Å². The van der Waals surface area contributed by atoms with Crippen molar-refractivity contribution in [3.8, 4) is 0 Å². The predicted molar refractivity (Wildman–Crippen MR) is 66.9 cm³/mol. The van der Waals surface area contributed by atoms with E-state index in [-0.39, 0.29) is 0 Å². The molecule has 0 saturated carbocycles. The number of unbranched alkanes of at least 4 members (excludes halogenated alkanes) is 1. The lowest BCUT2D eigenvalue weighted by molar-refractivity contribution is -0.105. The van der Waals surface area contributed by atoms with E-state index in [1.165, 1.54) is 12.8 Å². The molecule has 1 atom stereocenters. The van der Waals surface area contributed by atoms with Crippen molar-refractivity contribution < 1.29 is 4.79 Å². The SMILES string of the molecule is CCCC(C)/C(C=O)=C/CCCC(C)C. The van der Waals surface area contributed by atoms with Crippen LogP contribution in [-0.2, 0) is 4.79 Å². The zero-order valence-electron chi connectivity index (χ0n) is 10.8. The third-order valence-corrected chi connectivity index (χ3v) is 2.79. The first kappa shape index (κ1) is 14.4. The minimum absolute atomic E-state index is 0.437. The van der Waals surface area contributed by atoms with Crippen LogP contribution in [0.2, 0.25) is 0 Å². The van der Waals surface area contributed by atoms with Crippen molar-refractivity contribution in [3.05, 3.63) is 11.6 Å². The summed E-state index contributed by atoms with van der Waals surface area (Å²) >= 11 is 0. The molecule has 0 bridgehead atoms. The van der Waals surface area contributed by atoms with Crippen molar-refractivity contribution in [1.82, 2.24) is 0 Å². The molecule has 0 saturated heterocycles. The standard InChI is InChI=1S/C14H26O/c1-5-8-13(4)14(11-15)10-7-6-9-12(2)3/h10-13H,5-9H2,1-4H3/b14-10+. The first-order valence-corrected chi connectivity index (χ1v) is 6.27. The van der Waals surface area contributed by atoms with Gasteiger partial charge in [-0.2, -0.15) is 0 Å². The summed E-state index contributed by atoms with van der Waals surface area (Å²) < 4.78 is 0. The molecular weight excluding hydrogens is 184 g/mol. The maximum Gasteiger partial charge on any atom is 0.145 e. The van der Waals surface area contributed by atoms with E-state index in [1.54, 1.807) is 0 Å². The summed E-state index contributed by atoms with van der Waals surface area (Å²) in [6.45, 7) is 8.79. The highest BCUT2D eigenvalue weighted by atomic mass is 16.1. The van der Waals surface area contributed by atoms with Crippen molar-refractivity contribution in [2.75, 3.05) is 0 Å². The molecular formula is C14H26O. The van der Waals surface area contributed by atoms with Crippen LogP contribution in [0.25, 0.3) is 0 Å². The molecule has 0 aliphatic rings. The van der Waals surface area contributed by atoms with Crippen LogP contribution in [0.15, 0.2) is 11.6 Å². The van der Waals surface area contributed by atoms with Crippen LogP contribution < -0.4 is 0 Å². The zero-order chi connectivity index (χ0) is 11.7. The van der Waals surface area contributed by atoms with Gasteiger partial charge in [0, 0.05) is 0 Å². The number of carbonyl (C=O) groups excluding carboxylic acids is 1. The molecule has 0 aromatic rings. The Bertz CT molecular complexity index is 192. The fraction of sp³-hybridized carbons (Fsp3) is 0.786. The van der Waals surface area contributed by atoms with Gasteiger partial charge in [0.15, 0.2) is 0 Å². The van der Waals surface area contributed by atoms with E-state index in [1.807, 2.05) is 0 Å². The summed E-state index contributed by atoms with van der Waals surface area (Å²) in [5.41, 5.74) is 1.00. The van der Waals surface area contributed by atoms with Crippen molar-refractivity contribution in [1.29, 1.82) is 0 Å². The van der Waals surface area contributed by atoms with Gasteiger partial charge < -0.3 is 0 Å². The number of allylic oxidation sites excluding steroid dienone is 2. The van der Waals surface area contributed by atoms with Gasteiger partial charge in [-0.05, 0) is 36.7 Å². The van der Waals surface area contributed by atoms with E-state index in [0.29, 0.717) is 5.92 Å². The highest BCUT2D eigenvalue weighted by Crippen LogP contribution is 2.16. The molecule has 1 heteroatoms. The molecule has 1 unspecified atom stereocenters. The lowest BCUT2D eigenvalue weighted by atomic mass is 9.95. The molecule has 88 valence electrons. The van der Waals surface area contributed by atoms with Crippen LogP contribution in [0.1, 0.15) is 59.8 Å². The van der Waals surface area contributed by atoms with Crippen LogP contribution in [0.3, 0.4) is 0 Å². The Balaban J connectivity index is 3.93. The maximum atomic E-state index is 10.9. The van der Waals surface area contributed by atoms with Crippen molar-refractivity contribution in [2.45, 2.75) is 59.8 Å². The molecule has 1 nitrogen and oxygen atoms in total. The third kappa shape index (κ3) is 7.35. The molecule has 0 aromatic heterocycles. The molecule has 0 rings (SSSR count). The average Bonchev–Trinajstić information content (AvgIpc) is 2.17. The molecule has 0 heterocycles. The van der Waals surface area contributed by atoms with Crippen LogP contribution in [0, 0.1) is 11.8 Å². The summed E-state index contributed by atoms with van der Waals surface area (Å²) in [4.78, 5) is 10.9. The third-order valence-electron chi connectivity index (χ3n) is 2.79. The van der Waals surface area contributed by atoms with E-state index in [9.17, 15) is 4.79 Å². The van der Waals surface area contributed by atoms with E-state index >= 15 is 0 Å². The molecule has 0 radical (unpaired) electrons. The number of carbonyl (C=O) groups is 1. The van der Waals surface area contributed by atoms with E-state index in [0.717, 1.165) is 37.0 Å². The van der Waals surface area contributed by atoms with Gasteiger partial charge in [-0.25, -0.2) is 0 Å². The lowest BCUT2D eigenvalue weighted by Gasteiger charge is -2.09. The minimum atomic E-state index is 0.437. The monoisotopic (exact) mass is 210 g/mol. The van der Waals surface area contributed by atoms with Gasteiger partial charge in [0.2, 0.25) is 0 Å². The Morgan fingerprint density at radius 1 is 1.20 bits per heavy atom. The summed E-state index contributed by atoms with van der Waals surface area (Å²) in [5.74, 6) is 1.21. The fourth-order valence-corrected chi connectivity index (χ4v) is 1.76. The second-order valence-electron chi connectivity index (χ2n) is 4.84. The Kier molecular flexibility index (Phi) is 8.35. The lowest BCUT2D eigenvalue weighted by Crippen LogP contribution is -2.00. The van der Waals surface area contributed by atoms with Crippen LogP contribution >= 0.6 is 0 Å². The van der Waals surface area contributed by atoms with Crippen molar-refractivity contribution in [3.63, 3.8) is 0 Å². The van der Waals surface area contributed by atoms with Gasteiger partial charge in [-0.3, -0.25) is 4.79 Å². The Hall–Kier alpha value is -0.590. The number of rotatable bonds is 8. The van der Waals surface area contributed by atoms with Gasteiger partial charge in [0.1, 0.15) is 6.29 Å². The van der Waals surface area contributed by atoms with E-state index < -0.39 is 0 Å². The summed E-state index contributed by atoms with van der Waals surface area (Å²) in [6.07, 6.45) is 8.96. The zero-order valence-corrected chi connectivity index (χ0v) is 10.8. The second-order valence-corrected chi connectivity index (χ2v) is 4.84. The highest BCUT2D eigenvalue weighted by Gasteiger charge is 2.05. The molecule has 0 spiro atoms. The summed E-state index contributed by atoms with van der Waals surface area (Å²) in [5, 5.41) is 0. The minimum Gasteiger partial charge on any atom is -0.298 e. The Labute approximate surface area is 95.0 Å². The first-order valence-electron chi connectivity index (χ1n) is 6.27. The molecule has 0 N–H and O–H groups in total. The van der Waals surface area contributed by atoms with Crippen LogP contribution in [-0.4, -0.2) is 6.29 Å². The number of hydrogen-bond acceptors (Lipinski definition) is 1. The van der Waals surface area contributed by atoms with Crippen molar-refractivity contribution in [2.24, 2.45) is 11.8 Å². The fourth-order valence-electron chi connectivity index (χ4n) is 1.76. The van der Waals surface area contributed by atoms with Gasteiger partial charge in [-0.15, -0.1) is 0 Å².